The Balaban J connectivity index is 2.15. The Kier molecular flexibility index (Phi) is 5.81. The van der Waals surface area contributed by atoms with E-state index in [9.17, 15) is 0 Å². The molecule has 0 heterocycles. The fraction of sp³-hybridized carbons (Fsp3) is 0.294. The second-order valence-corrected chi connectivity index (χ2v) is 7.16. The van der Waals surface area contributed by atoms with E-state index in [0.717, 1.165) is 0 Å². The van der Waals surface area contributed by atoms with Gasteiger partial charge in [0.2, 0.25) is 0 Å². The molecule has 19 heavy (non-hydrogen) atoms. The summed E-state index contributed by atoms with van der Waals surface area (Å²) in [5.74, 6) is 0. The molecule has 0 radical (unpaired) electrons. The second-order valence-electron chi connectivity index (χ2n) is 4.56. The lowest BCUT2D eigenvalue weighted by atomic mass is 10.1. The Morgan fingerprint density at radius 1 is 0.895 bits per heavy atom. The van der Waals surface area contributed by atoms with E-state index in [1.165, 1.54) is 34.6 Å². The van der Waals surface area contributed by atoms with Crippen molar-refractivity contribution in [2.45, 2.75) is 36.0 Å². The van der Waals surface area contributed by atoms with Crippen molar-refractivity contribution in [3.05, 3.63) is 60.2 Å². The number of aryl methyl sites for hydroxylation is 1. The zero-order valence-electron chi connectivity index (χ0n) is 11.3. The van der Waals surface area contributed by atoms with Gasteiger partial charge in [0.25, 0.3) is 0 Å². The first kappa shape index (κ1) is 14.5. The average molecular weight is 292 g/mol. The first-order chi connectivity index (χ1) is 9.35. The van der Waals surface area contributed by atoms with Gasteiger partial charge in [-0.25, -0.2) is 0 Å². The number of alkyl halides is 1. The first-order valence-electron chi connectivity index (χ1n) is 6.76. The molecule has 0 aliphatic heterocycles. The van der Waals surface area contributed by atoms with Gasteiger partial charge < -0.3 is 0 Å². The lowest BCUT2D eigenvalue weighted by Crippen LogP contribution is -2.04. The van der Waals surface area contributed by atoms with Crippen LogP contribution in [-0.4, -0.2) is 5.21 Å². The molecule has 0 fully saturated rings. The van der Waals surface area contributed by atoms with Crippen LogP contribution in [0.25, 0.3) is 0 Å². The van der Waals surface area contributed by atoms with Crippen molar-refractivity contribution < 1.29 is 0 Å². The van der Waals surface area contributed by atoms with Gasteiger partial charge in [0.05, 0.1) is 10.9 Å². The van der Waals surface area contributed by atoms with Crippen LogP contribution in [0.5, 0.6) is 0 Å². The number of benzene rings is 2. The van der Waals surface area contributed by atoms with Gasteiger partial charge in [0, 0.05) is 0 Å². The van der Waals surface area contributed by atoms with Gasteiger partial charge in [-0.05, 0) is 42.7 Å². The smallest absolute Gasteiger partial charge is 0.0672 e. The van der Waals surface area contributed by atoms with Crippen molar-refractivity contribution in [3.8, 4) is 0 Å². The van der Waals surface area contributed by atoms with Crippen molar-refractivity contribution in [1.29, 1.82) is 0 Å². The standard InChI is InChI=1S/C17H20ClS/c1-2-3-7-15-10-12-17(13-11-15)19(14-18)16-8-5-4-6-9-16/h4-6,8-13H,2-3,7,14H2,1H3/q+1. The highest BCUT2D eigenvalue weighted by atomic mass is 35.5. The molecule has 1 atom stereocenters. The predicted molar refractivity (Wildman–Crippen MR) is 86.1 cm³/mol. The van der Waals surface area contributed by atoms with E-state index < -0.39 is 0 Å². The molecule has 1 unspecified atom stereocenters. The van der Waals surface area contributed by atoms with E-state index in [0.29, 0.717) is 5.21 Å². The molecule has 2 aromatic rings. The average Bonchev–Trinajstić information content (AvgIpc) is 2.48. The summed E-state index contributed by atoms with van der Waals surface area (Å²) in [6.45, 7) is 2.23. The molecule has 0 aliphatic carbocycles. The highest BCUT2D eigenvalue weighted by Gasteiger charge is 2.23. The molecule has 2 rings (SSSR count). The predicted octanol–water partition coefficient (Wildman–Crippen LogP) is 5.26. The minimum atomic E-state index is -0.00677. The van der Waals surface area contributed by atoms with Gasteiger partial charge in [-0.15, -0.1) is 0 Å². The maximum Gasteiger partial charge on any atom is 0.192 e. The SMILES string of the molecule is CCCCc1ccc([S+](CCl)c2ccccc2)cc1. The molecular weight excluding hydrogens is 272 g/mol. The Morgan fingerprint density at radius 2 is 1.53 bits per heavy atom. The number of halogens is 1. The molecule has 0 spiro atoms. The number of unbranched alkanes of at least 4 members (excludes halogenated alkanes) is 1. The van der Waals surface area contributed by atoms with Crippen molar-refractivity contribution in [2.24, 2.45) is 0 Å². The van der Waals surface area contributed by atoms with E-state index in [-0.39, 0.29) is 10.9 Å². The van der Waals surface area contributed by atoms with Crippen LogP contribution >= 0.6 is 11.6 Å². The third-order valence-electron chi connectivity index (χ3n) is 3.16. The lowest BCUT2D eigenvalue weighted by molar-refractivity contribution is 0.794. The number of hydrogen-bond acceptors (Lipinski definition) is 0. The van der Waals surface area contributed by atoms with Crippen LogP contribution in [0.3, 0.4) is 0 Å². The van der Waals surface area contributed by atoms with Crippen LogP contribution < -0.4 is 0 Å². The summed E-state index contributed by atoms with van der Waals surface area (Å²) >= 11 is 6.17. The Labute approximate surface area is 124 Å². The fourth-order valence-corrected chi connectivity index (χ4v) is 4.28. The van der Waals surface area contributed by atoms with Gasteiger partial charge >= 0.3 is 0 Å². The van der Waals surface area contributed by atoms with Gasteiger partial charge in [-0.2, -0.15) is 0 Å². The second kappa shape index (κ2) is 7.62. The summed E-state index contributed by atoms with van der Waals surface area (Å²) in [7, 11) is -0.00677. The highest BCUT2D eigenvalue weighted by Crippen LogP contribution is 2.25. The molecule has 2 aromatic carbocycles. The maximum absolute atomic E-state index is 6.17. The molecule has 100 valence electrons. The highest BCUT2D eigenvalue weighted by molar-refractivity contribution is 7.98. The van der Waals surface area contributed by atoms with Crippen molar-refractivity contribution in [2.75, 3.05) is 5.21 Å². The third kappa shape index (κ3) is 4.02. The molecule has 0 amide bonds. The van der Waals surface area contributed by atoms with Gasteiger partial charge in [-0.1, -0.05) is 55.3 Å². The summed E-state index contributed by atoms with van der Waals surface area (Å²) in [6.07, 6.45) is 3.69. The molecule has 0 nitrogen and oxygen atoms in total. The minimum absolute atomic E-state index is 0.00677. The van der Waals surface area contributed by atoms with Crippen molar-refractivity contribution in [3.63, 3.8) is 0 Å². The summed E-state index contributed by atoms with van der Waals surface area (Å²) in [6, 6.07) is 19.5. The lowest BCUT2D eigenvalue weighted by Gasteiger charge is -2.06. The summed E-state index contributed by atoms with van der Waals surface area (Å²) in [5.41, 5.74) is 1.43. The van der Waals surface area contributed by atoms with Crippen LogP contribution in [0.15, 0.2) is 64.4 Å². The largest absolute Gasteiger partial charge is 0.192 e. The zero-order valence-corrected chi connectivity index (χ0v) is 12.9. The number of rotatable bonds is 6. The summed E-state index contributed by atoms with van der Waals surface area (Å²) < 4.78 is 0. The van der Waals surface area contributed by atoms with Crippen LogP contribution in [0, 0.1) is 0 Å². The maximum atomic E-state index is 6.17. The Bertz CT molecular complexity index is 478. The Morgan fingerprint density at radius 3 is 2.11 bits per heavy atom. The van der Waals surface area contributed by atoms with Crippen LogP contribution in [0.2, 0.25) is 0 Å². The van der Waals surface area contributed by atoms with E-state index in [4.69, 9.17) is 11.6 Å². The molecule has 0 aliphatic rings. The fourth-order valence-electron chi connectivity index (χ4n) is 2.05. The molecular formula is C17H20ClS+. The first-order valence-corrected chi connectivity index (χ1v) is 8.69. The minimum Gasteiger partial charge on any atom is -0.0672 e. The molecule has 0 saturated heterocycles. The quantitative estimate of drug-likeness (QED) is 0.503. The molecule has 0 bridgehead atoms. The number of hydrogen-bond donors (Lipinski definition) is 0. The molecule has 0 saturated carbocycles. The van der Waals surface area contributed by atoms with E-state index >= 15 is 0 Å². The van der Waals surface area contributed by atoms with Gasteiger partial charge in [0.15, 0.2) is 15.0 Å². The van der Waals surface area contributed by atoms with Crippen molar-refractivity contribution in [1.82, 2.24) is 0 Å². The Hall–Kier alpha value is -0.920. The van der Waals surface area contributed by atoms with Crippen LogP contribution in [-0.2, 0) is 17.3 Å². The summed E-state index contributed by atoms with van der Waals surface area (Å²) in [5, 5.41) is 0.651. The van der Waals surface area contributed by atoms with Gasteiger partial charge in [-0.3, -0.25) is 0 Å². The topological polar surface area (TPSA) is 0 Å². The molecule has 0 N–H and O–H groups in total. The monoisotopic (exact) mass is 291 g/mol. The zero-order chi connectivity index (χ0) is 13.5. The van der Waals surface area contributed by atoms with Crippen LogP contribution in [0.4, 0.5) is 0 Å². The van der Waals surface area contributed by atoms with E-state index in [2.05, 4.69) is 55.5 Å². The summed E-state index contributed by atoms with van der Waals surface area (Å²) in [4.78, 5) is 2.65. The van der Waals surface area contributed by atoms with Gasteiger partial charge in [0.1, 0.15) is 0 Å². The normalized spacial score (nSPS) is 12.3. The van der Waals surface area contributed by atoms with E-state index in [1.54, 1.807) is 0 Å². The molecule has 2 heteroatoms. The molecule has 0 aromatic heterocycles. The van der Waals surface area contributed by atoms with Crippen LogP contribution in [0.1, 0.15) is 25.3 Å². The van der Waals surface area contributed by atoms with E-state index in [1.807, 2.05) is 6.07 Å². The third-order valence-corrected chi connectivity index (χ3v) is 5.72. The van der Waals surface area contributed by atoms with Crippen molar-refractivity contribution >= 4 is 22.5 Å².